The van der Waals surface area contributed by atoms with Gasteiger partial charge < -0.3 is 9.84 Å². The zero-order valence-electron chi connectivity index (χ0n) is 10.5. The molecule has 0 aliphatic rings. The summed E-state index contributed by atoms with van der Waals surface area (Å²) in [6.45, 7) is 4.00. The lowest BCUT2D eigenvalue weighted by atomic mass is 10.1. The molecular weight excluding hydrogens is 264 g/mol. The summed E-state index contributed by atoms with van der Waals surface area (Å²) in [6, 6.07) is 1.33. The Morgan fingerprint density at radius 3 is 2.32 bits per heavy atom. The van der Waals surface area contributed by atoms with E-state index in [1.54, 1.807) is 0 Å². The van der Waals surface area contributed by atoms with Gasteiger partial charge in [-0.3, -0.25) is 10.1 Å². The van der Waals surface area contributed by atoms with Crippen molar-refractivity contribution in [3.05, 3.63) is 33.4 Å². The number of phenolic OH excluding ortho intramolecular Hbond substituents is 1. The van der Waals surface area contributed by atoms with Crippen LogP contribution >= 0.6 is 0 Å². The highest BCUT2D eigenvalue weighted by molar-refractivity contribution is 5.91. The van der Waals surface area contributed by atoms with Gasteiger partial charge in [-0.15, -0.1) is 0 Å². The minimum atomic E-state index is -3.14. The summed E-state index contributed by atoms with van der Waals surface area (Å²) in [6.07, 6.45) is -3.14. The van der Waals surface area contributed by atoms with E-state index in [0.29, 0.717) is 12.1 Å². The molecule has 0 atom stereocenters. The van der Waals surface area contributed by atoms with Crippen molar-refractivity contribution in [2.24, 2.45) is 0 Å². The van der Waals surface area contributed by atoms with Crippen molar-refractivity contribution >= 4 is 11.7 Å². The van der Waals surface area contributed by atoms with Gasteiger partial charge in [-0.05, 0) is 6.07 Å². The number of aromatic hydroxyl groups is 1. The second-order valence-corrected chi connectivity index (χ2v) is 2.98. The maximum Gasteiger partial charge on any atom is 0.338 e. The van der Waals surface area contributed by atoms with E-state index in [4.69, 9.17) is 0 Å². The lowest BCUT2D eigenvalue weighted by Gasteiger charge is -2.06. The average molecular weight is 277 g/mol. The van der Waals surface area contributed by atoms with E-state index >= 15 is 0 Å². The van der Waals surface area contributed by atoms with Crippen molar-refractivity contribution in [3.8, 4) is 5.75 Å². The van der Waals surface area contributed by atoms with Crippen molar-refractivity contribution in [1.82, 2.24) is 0 Å². The van der Waals surface area contributed by atoms with Crippen LogP contribution in [0.1, 0.15) is 36.2 Å². The number of alkyl halides is 2. The molecule has 1 rings (SSSR count). The number of esters is 1. The van der Waals surface area contributed by atoms with Gasteiger partial charge in [0.1, 0.15) is 0 Å². The largest absolute Gasteiger partial charge is 0.502 e. The predicted molar refractivity (Wildman–Crippen MR) is 62.4 cm³/mol. The number of nitro groups is 1. The molecule has 0 aliphatic carbocycles. The zero-order chi connectivity index (χ0) is 15.2. The molecule has 1 aromatic carbocycles. The quantitative estimate of drug-likeness (QED) is 0.521. The van der Waals surface area contributed by atoms with Crippen LogP contribution in [-0.2, 0) is 4.74 Å². The topological polar surface area (TPSA) is 89.7 Å². The standard InChI is InChI=1S/C9H7F2NO5.C2H6/c1-17-9(14)4-2-5(8(10)11)7(13)6(3-4)12(15)16;1-2/h2-3,8,13H,1H3;1-2H3. The molecule has 0 aromatic heterocycles. The maximum atomic E-state index is 12.5. The third-order valence-electron chi connectivity index (χ3n) is 1.97. The van der Waals surface area contributed by atoms with Crippen LogP contribution in [0.25, 0.3) is 0 Å². The van der Waals surface area contributed by atoms with Crippen molar-refractivity contribution < 1.29 is 28.3 Å². The fourth-order valence-electron chi connectivity index (χ4n) is 1.18. The molecule has 1 N–H and O–H groups in total. The van der Waals surface area contributed by atoms with E-state index in [1.807, 2.05) is 13.8 Å². The lowest BCUT2D eigenvalue weighted by molar-refractivity contribution is -0.386. The highest BCUT2D eigenvalue weighted by Gasteiger charge is 2.26. The first-order valence-corrected chi connectivity index (χ1v) is 5.26. The molecular formula is C11H13F2NO5. The number of carbonyl (C=O) groups excluding carboxylic acids is 1. The monoisotopic (exact) mass is 277 g/mol. The third kappa shape index (κ3) is 3.87. The third-order valence-corrected chi connectivity index (χ3v) is 1.97. The van der Waals surface area contributed by atoms with Crippen molar-refractivity contribution in [1.29, 1.82) is 0 Å². The molecule has 8 heteroatoms. The van der Waals surface area contributed by atoms with Gasteiger partial charge >= 0.3 is 11.7 Å². The first kappa shape index (κ1) is 16.8. The van der Waals surface area contributed by atoms with Crippen molar-refractivity contribution in [2.45, 2.75) is 20.3 Å². The lowest BCUT2D eigenvalue weighted by Crippen LogP contribution is -2.04. The van der Waals surface area contributed by atoms with Gasteiger partial charge in [-0.2, -0.15) is 0 Å². The second-order valence-electron chi connectivity index (χ2n) is 2.98. The fraction of sp³-hybridized carbons (Fsp3) is 0.364. The van der Waals surface area contributed by atoms with E-state index in [-0.39, 0.29) is 0 Å². The number of nitro benzene ring substituents is 1. The first-order valence-electron chi connectivity index (χ1n) is 5.26. The number of carbonyl (C=O) groups is 1. The number of rotatable bonds is 3. The molecule has 0 radical (unpaired) electrons. The molecule has 0 saturated carbocycles. The Morgan fingerprint density at radius 1 is 1.42 bits per heavy atom. The highest BCUT2D eigenvalue weighted by atomic mass is 19.3. The Morgan fingerprint density at radius 2 is 1.95 bits per heavy atom. The SMILES string of the molecule is CC.COC(=O)c1cc(C(F)F)c(O)c([N+](=O)[O-])c1. The summed E-state index contributed by atoms with van der Waals surface area (Å²) in [5.74, 6) is -2.16. The van der Waals surface area contributed by atoms with Crippen LogP contribution in [0.5, 0.6) is 5.75 Å². The molecule has 0 heterocycles. The molecule has 0 amide bonds. The van der Waals surface area contributed by atoms with Crippen LogP contribution in [0, 0.1) is 10.1 Å². The Hall–Kier alpha value is -2.25. The zero-order valence-corrected chi connectivity index (χ0v) is 10.5. The number of ether oxygens (including phenoxy) is 1. The molecule has 1 aromatic rings. The van der Waals surface area contributed by atoms with Gasteiger partial charge in [-0.1, -0.05) is 13.8 Å². The van der Waals surface area contributed by atoms with Gasteiger partial charge in [0.05, 0.1) is 23.2 Å². The van der Waals surface area contributed by atoms with E-state index in [9.17, 15) is 28.8 Å². The normalized spacial score (nSPS) is 9.58. The Kier molecular flexibility index (Phi) is 6.39. The van der Waals surface area contributed by atoms with Crippen LogP contribution in [0.15, 0.2) is 12.1 Å². The van der Waals surface area contributed by atoms with Crippen LogP contribution in [0.3, 0.4) is 0 Å². The molecule has 0 spiro atoms. The number of hydrogen-bond donors (Lipinski definition) is 1. The van der Waals surface area contributed by atoms with Crippen LogP contribution < -0.4 is 0 Å². The summed E-state index contributed by atoms with van der Waals surface area (Å²) in [5, 5.41) is 19.7. The minimum Gasteiger partial charge on any atom is -0.502 e. The smallest absolute Gasteiger partial charge is 0.338 e. The Balaban J connectivity index is 0.00000154. The predicted octanol–water partition coefficient (Wildman–Crippen LogP) is 3.05. The van der Waals surface area contributed by atoms with E-state index in [0.717, 1.165) is 7.11 Å². The molecule has 0 saturated heterocycles. The second kappa shape index (κ2) is 7.24. The summed E-state index contributed by atoms with van der Waals surface area (Å²) >= 11 is 0. The van der Waals surface area contributed by atoms with Crippen molar-refractivity contribution in [2.75, 3.05) is 7.11 Å². The minimum absolute atomic E-state index is 0.424. The summed E-state index contributed by atoms with van der Waals surface area (Å²) in [5.41, 5.74) is -2.38. The first-order chi connectivity index (χ1) is 8.88. The van der Waals surface area contributed by atoms with Gasteiger partial charge in [-0.25, -0.2) is 13.6 Å². The molecule has 0 aliphatic heterocycles. The number of hydrogen-bond acceptors (Lipinski definition) is 5. The van der Waals surface area contributed by atoms with Crippen LogP contribution in [-0.4, -0.2) is 23.1 Å². The van der Waals surface area contributed by atoms with E-state index < -0.39 is 39.9 Å². The molecule has 6 nitrogen and oxygen atoms in total. The van der Waals surface area contributed by atoms with Gasteiger partial charge in [0, 0.05) is 6.07 Å². The molecule has 0 unspecified atom stereocenters. The summed E-state index contributed by atoms with van der Waals surface area (Å²) in [4.78, 5) is 20.5. The Labute approximate surface area is 107 Å². The molecule has 106 valence electrons. The van der Waals surface area contributed by atoms with Crippen LogP contribution in [0.2, 0.25) is 0 Å². The van der Waals surface area contributed by atoms with Crippen molar-refractivity contribution in [3.63, 3.8) is 0 Å². The maximum absolute atomic E-state index is 12.5. The fourth-order valence-corrected chi connectivity index (χ4v) is 1.18. The number of methoxy groups -OCH3 is 1. The summed E-state index contributed by atoms with van der Waals surface area (Å²) in [7, 11) is 1.00. The number of benzene rings is 1. The van der Waals surface area contributed by atoms with Gasteiger partial charge in [0.15, 0.2) is 0 Å². The van der Waals surface area contributed by atoms with E-state index in [1.165, 1.54) is 0 Å². The molecule has 0 fully saturated rings. The highest BCUT2D eigenvalue weighted by Crippen LogP contribution is 2.37. The van der Waals surface area contributed by atoms with Gasteiger partial charge in [0.25, 0.3) is 6.43 Å². The number of phenols is 1. The summed E-state index contributed by atoms with van der Waals surface area (Å²) < 4.78 is 29.2. The number of halogens is 2. The Bertz CT molecular complexity index is 476. The van der Waals surface area contributed by atoms with Gasteiger partial charge in [0.2, 0.25) is 5.75 Å². The van der Waals surface area contributed by atoms with E-state index in [2.05, 4.69) is 4.74 Å². The van der Waals surface area contributed by atoms with Crippen LogP contribution in [0.4, 0.5) is 14.5 Å². The molecule has 0 bridgehead atoms. The average Bonchev–Trinajstić information content (AvgIpc) is 2.39. The number of nitrogens with zero attached hydrogens (tertiary/aromatic N) is 1. The molecule has 19 heavy (non-hydrogen) atoms.